The number of hydrogen-bond donors (Lipinski definition) is 4. The molecule has 9 nitrogen and oxygen atoms in total. The summed E-state index contributed by atoms with van der Waals surface area (Å²) in [6.45, 7) is -2.50. The Bertz CT molecular complexity index is 1080. The van der Waals surface area contributed by atoms with Crippen molar-refractivity contribution in [2.45, 2.75) is 24.6 Å². The Hall–Kier alpha value is -4.09. The van der Waals surface area contributed by atoms with Gasteiger partial charge in [0.05, 0.1) is 13.0 Å². The lowest BCUT2D eigenvalue weighted by atomic mass is 9.98. The molecular formula is C23H22F3N3O6. The summed E-state index contributed by atoms with van der Waals surface area (Å²) in [5.41, 5.74) is 3.91. The molecule has 0 aliphatic heterocycles. The number of benzene rings is 2. The van der Waals surface area contributed by atoms with Crippen molar-refractivity contribution in [3.63, 3.8) is 0 Å². The van der Waals surface area contributed by atoms with Gasteiger partial charge in [-0.3, -0.25) is 14.4 Å². The minimum absolute atomic E-state index is 0.0822. The number of hydrogen-bond acceptors (Lipinski definition) is 5. The Balaban J connectivity index is 1.57. The van der Waals surface area contributed by atoms with Gasteiger partial charge >= 0.3 is 18.2 Å². The molecule has 0 saturated carbocycles. The molecular weight excluding hydrogens is 471 g/mol. The first-order valence-electron chi connectivity index (χ1n) is 10.5. The molecule has 35 heavy (non-hydrogen) atoms. The van der Waals surface area contributed by atoms with Gasteiger partial charge in [0.1, 0.15) is 19.2 Å². The first-order chi connectivity index (χ1) is 16.5. The van der Waals surface area contributed by atoms with E-state index in [1.54, 1.807) is 5.32 Å². The van der Waals surface area contributed by atoms with E-state index in [4.69, 9.17) is 9.84 Å². The second-order valence-electron chi connectivity index (χ2n) is 7.73. The van der Waals surface area contributed by atoms with Gasteiger partial charge in [-0.05, 0) is 22.3 Å². The number of alkyl carbamates (subject to hydrolysis) is 1. The Kier molecular flexibility index (Phi) is 7.94. The van der Waals surface area contributed by atoms with Gasteiger partial charge in [-0.15, -0.1) is 0 Å². The zero-order valence-corrected chi connectivity index (χ0v) is 18.2. The van der Waals surface area contributed by atoms with Gasteiger partial charge < -0.3 is 25.8 Å². The third-order valence-corrected chi connectivity index (χ3v) is 5.24. The van der Waals surface area contributed by atoms with Crippen LogP contribution in [0.4, 0.5) is 18.0 Å². The molecule has 3 rings (SSSR count). The second kappa shape index (κ2) is 10.9. The maximum atomic E-state index is 12.4. The third-order valence-electron chi connectivity index (χ3n) is 5.24. The van der Waals surface area contributed by atoms with Crippen LogP contribution in [-0.4, -0.2) is 60.9 Å². The number of carboxylic acids is 1. The number of aliphatic carboxylic acids is 1. The molecule has 2 aromatic carbocycles. The van der Waals surface area contributed by atoms with E-state index >= 15 is 0 Å². The number of amides is 3. The molecule has 4 N–H and O–H groups in total. The maximum absolute atomic E-state index is 12.4. The molecule has 1 atom stereocenters. The highest BCUT2D eigenvalue weighted by Gasteiger charge is 2.31. The summed E-state index contributed by atoms with van der Waals surface area (Å²) in [5, 5.41) is 14.7. The summed E-state index contributed by atoms with van der Waals surface area (Å²) in [6, 6.07) is 13.6. The standard InChI is InChI=1S/C23H22F3N3O6/c24-23(25,26)12-28-19(30)10-27-21(33)18(9-20(31)32)29-22(34)35-11-17-15-7-3-1-5-13(15)14-6-2-4-8-16(14)17/h1-8,17-18H,9-12H2,(H,27,33)(H,28,30)(H,29,34)(H,31,32). The molecule has 1 aliphatic rings. The van der Waals surface area contributed by atoms with E-state index in [9.17, 15) is 32.3 Å². The number of nitrogens with one attached hydrogen (secondary N) is 3. The van der Waals surface area contributed by atoms with Gasteiger partial charge in [-0.2, -0.15) is 13.2 Å². The van der Waals surface area contributed by atoms with Crippen LogP contribution in [0.1, 0.15) is 23.5 Å². The number of alkyl halides is 3. The first kappa shape index (κ1) is 25.5. The van der Waals surface area contributed by atoms with Crippen LogP contribution in [0.15, 0.2) is 48.5 Å². The highest BCUT2D eigenvalue weighted by atomic mass is 19.4. The molecule has 0 spiro atoms. The second-order valence-corrected chi connectivity index (χ2v) is 7.73. The largest absolute Gasteiger partial charge is 0.481 e. The normalized spacial score (nSPS) is 13.2. The smallest absolute Gasteiger partial charge is 0.407 e. The predicted molar refractivity (Wildman–Crippen MR) is 116 cm³/mol. The van der Waals surface area contributed by atoms with E-state index in [1.807, 2.05) is 53.8 Å². The minimum atomic E-state index is -4.63. The van der Waals surface area contributed by atoms with Gasteiger partial charge in [0.25, 0.3) is 0 Å². The average Bonchev–Trinajstić information content (AvgIpc) is 3.12. The molecule has 3 amide bonds. The summed E-state index contributed by atoms with van der Waals surface area (Å²) in [4.78, 5) is 47.2. The zero-order valence-electron chi connectivity index (χ0n) is 18.2. The van der Waals surface area contributed by atoms with Crippen molar-refractivity contribution in [2.75, 3.05) is 19.7 Å². The van der Waals surface area contributed by atoms with Crippen molar-refractivity contribution in [3.05, 3.63) is 59.7 Å². The summed E-state index contributed by atoms with van der Waals surface area (Å²) in [7, 11) is 0. The molecule has 0 saturated heterocycles. The lowest BCUT2D eigenvalue weighted by Gasteiger charge is -2.18. The molecule has 0 bridgehead atoms. The quantitative estimate of drug-likeness (QED) is 0.423. The number of carbonyl (C=O) groups excluding carboxylic acids is 3. The fourth-order valence-electron chi connectivity index (χ4n) is 3.72. The van der Waals surface area contributed by atoms with Gasteiger partial charge in [0.15, 0.2) is 0 Å². The van der Waals surface area contributed by atoms with Crippen LogP contribution in [0.25, 0.3) is 11.1 Å². The lowest BCUT2D eigenvalue weighted by Crippen LogP contribution is -2.50. The van der Waals surface area contributed by atoms with Crippen LogP contribution in [0.5, 0.6) is 0 Å². The van der Waals surface area contributed by atoms with Gasteiger partial charge in [-0.1, -0.05) is 48.5 Å². The summed E-state index contributed by atoms with van der Waals surface area (Å²) < 4.78 is 41.7. The summed E-state index contributed by atoms with van der Waals surface area (Å²) in [5.74, 6) is -3.89. The number of fused-ring (bicyclic) bond motifs is 3. The fourth-order valence-corrected chi connectivity index (χ4v) is 3.72. The van der Waals surface area contributed by atoms with E-state index < -0.39 is 55.6 Å². The van der Waals surface area contributed by atoms with Crippen LogP contribution in [0.2, 0.25) is 0 Å². The van der Waals surface area contributed by atoms with Crippen molar-refractivity contribution in [2.24, 2.45) is 0 Å². The van der Waals surface area contributed by atoms with E-state index in [0.29, 0.717) is 0 Å². The van der Waals surface area contributed by atoms with Crippen LogP contribution in [-0.2, 0) is 19.1 Å². The van der Waals surface area contributed by atoms with Crippen LogP contribution < -0.4 is 16.0 Å². The predicted octanol–water partition coefficient (Wildman–Crippen LogP) is 2.16. The highest BCUT2D eigenvalue weighted by Crippen LogP contribution is 2.44. The topological polar surface area (TPSA) is 134 Å². The molecule has 2 aromatic rings. The minimum Gasteiger partial charge on any atom is -0.481 e. The van der Waals surface area contributed by atoms with Gasteiger partial charge in [0.2, 0.25) is 11.8 Å². The summed E-state index contributed by atoms with van der Waals surface area (Å²) >= 11 is 0. The number of carboxylic acid groups (broad SMARTS) is 1. The van der Waals surface area contributed by atoms with E-state index in [-0.39, 0.29) is 12.5 Å². The molecule has 12 heteroatoms. The molecule has 0 heterocycles. The Morgan fingerprint density at radius 3 is 2.06 bits per heavy atom. The van der Waals surface area contributed by atoms with Gasteiger partial charge in [-0.25, -0.2) is 4.79 Å². The van der Waals surface area contributed by atoms with Crippen LogP contribution in [0.3, 0.4) is 0 Å². The van der Waals surface area contributed by atoms with Crippen molar-refractivity contribution in [1.29, 1.82) is 0 Å². The van der Waals surface area contributed by atoms with Crippen molar-refractivity contribution >= 4 is 23.9 Å². The maximum Gasteiger partial charge on any atom is 0.407 e. The number of rotatable bonds is 9. The molecule has 0 fully saturated rings. The lowest BCUT2D eigenvalue weighted by molar-refractivity contribution is -0.140. The highest BCUT2D eigenvalue weighted by molar-refractivity contribution is 5.92. The Morgan fingerprint density at radius 2 is 1.51 bits per heavy atom. The molecule has 1 aliphatic carbocycles. The van der Waals surface area contributed by atoms with Crippen LogP contribution in [0, 0.1) is 0 Å². The Morgan fingerprint density at radius 1 is 0.943 bits per heavy atom. The molecule has 0 aromatic heterocycles. The molecule has 186 valence electrons. The first-order valence-corrected chi connectivity index (χ1v) is 10.5. The van der Waals surface area contributed by atoms with Gasteiger partial charge in [0, 0.05) is 5.92 Å². The Labute approximate surface area is 197 Å². The third kappa shape index (κ3) is 6.95. The molecule has 0 radical (unpaired) electrons. The molecule has 1 unspecified atom stereocenters. The van der Waals surface area contributed by atoms with Crippen molar-refractivity contribution < 1.29 is 42.2 Å². The number of halogens is 3. The zero-order chi connectivity index (χ0) is 25.6. The fraction of sp³-hybridized carbons (Fsp3) is 0.304. The number of carbonyl (C=O) groups is 4. The van der Waals surface area contributed by atoms with E-state index in [0.717, 1.165) is 22.3 Å². The number of ether oxygens (including phenoxy) is 1. The average molecular weight is 493 g/mol. The van der Waals surface area contributed by atoms with Crippen LogP contribution >= 0.6 is 0 Å². The van der Waals surface area contributed by atoms with E-state index in [1.165, 1.54) is 0 Å². The summed E-state index contributed by atoms with van der Waals surface area (Å²) in [6.07, 6.45) is -6.52. The van der Waals surface area contributed by atoms with E-state index in [2.05, 4.69) is 5.32 Å². The monoisotopic (exact) mass is 493 g/mol. The SMILES string of the molecule is O=C(O)CC(NC(=O)OCC1c2ccccc2-c2ccccc21)C(=O)NCC(=O)NCC(F)(F)F. The van der Waals surface area contributed by atoms with Crippen molar-refractivity contribution in [3.8, 4) is 11.1 Å². The van der Waals surface area contributed by atoms with Crippen molar-refractivity contribution in [1.82, 2.24) is 16.0 Å².